The van der Waals surface area contributed by atoms with Gasteiger partial charge in [0, 0.05) is 13.0 Å². The normalized spacial score (nSPS) is 12.2. The van der Waals surface area contributed by atoms with Gasteiger partial charge in [0.2, 0.25) is 5.91 Å². The largest absolute Gasteiger partial charge is 0.354 e. The van der Waals surface area contributed by atoms with Crippen molar-refractivity contribution in [1.29, 1.82) is 0 Å². The van der Waals surface area contributed by atoms with Gasteiger partial charge in [-0.25, -0.2) is 4.39 Å². The lowest BCUT2D eigenvalue weighted by atomic mass is 10.1. The summed E-state index contributed by atoms with van der Waals surface area (Å²) in [6.45, 7) is 3.41. The summed E-state index contributed by atoms with van der Waals surface area (Å²) >= 11 is 0. The van der Waals surface area contributed by atoms with Crippen LogP contribution in [0.1, 0.15) is 19.4 Å². The van der Waals surface area contributed by atoms with Crippen LogP contribution in [0.25, 0.3) is 0 Å². The molecule has 0 aromatic heterocycles. The maximum atomic E-state index is 12.6. The predicted molar refractivity (Wildman–Crippen MR) is 53.4 cm³/mol. The highest BCUT2D eigenvalue weighted by Crippen LogP contribution is 2.05. The Bertz CT molecular complexity index is 308. The highest BCUT2D eigenvalue weighted by molar-refractivity contribution is 5.73. The van der Waals surface area contributed by atoms with Crippen LogP contribution >= 0.6 is 0 Å². The zero-order chi connectivity index (χ0) is 10.6. The molecule has 1 atom stereocenters. The van der Waals surface area contributed by atoms with Crippen LogP contribution < -0.4 is 5.32 Å². The standard InChI is InChI=1S/C11H14FNO/c1-8(13-9(2)14)7-10-3-5-11(12)6-4-10/h3-6,8H,7H2,1-2H3,(H,13,14)/t8-/m1/s1. The third kappa shape index (κ3) is 3.56. The minimum Gasteiger partial charge on any atom is -0.354 e. The predicted octanol–water partition coefficient (Wildman–Crippen LogP) is 1.89. The fourth-order valence-electron chi connectivity index (χ4n) is 1.37. The summed E-state index contributed by atoms with van der Waals surface area (Å²) in [5, 5.41) is 2.77. The highest BCUT2D eigenvalue weighted by atomic mass is 19.1. The van der Waals surface area contributed by atoms with Gasteiger partial charge in [0.15, 0.2) is 0 Å². The van der Waals surface area contributed by atoms with Crippen molar-refractivity contribution in [2.75, 3.05) is 0 Å². The molecule has 1 N–H and O–H groups in total. The number of nitrogens with one attached hydrogen (secondary N) is 1. The molecule has 1 aromatic carbocycles. The van der Waals surface area contributed by atoms with Crippen molar-refractivity contribution in [2.45, 2.75) is 26.3 Å². The number of rotatable bonds is 3. The number of halogens is 1. The van der Waals surface area contributed by atoms with Crippen LogP contribution in [0, 0.1) is 5.82 Å². The maximum Gasteiger partial charge on any atom is 0.217 e. The Hall–Kier alpha value is -1.38. The Labute approximate surface area is 83.1 Å². The summed E-state index contributed by atoms with van der Waals surface area (Å²) in [6.07, 6.45) is 0.722. The zero-order valence-corrected chi connectivity index (χ0v) is 8.38. The minimum absolute atomic E-state index is 0.0420. The molecule has 1 aromatic rings. The Kier molecular flexibility index (Phi) is 3.63. The number of benzene rings is 1. The second kappa shape index (κ2) is 4.74. The SMILES string of the molecule is CC(=O)N[C@H](C)Cc1ccc(F)cc1. The first kappa shape index (κ1) is 10.7. The molecule has 3 heteroatoms. The maximum absolute atomic E-state index is 12.6. The van der Waals surface area contributed by atoms with Crippen molar-refractivity contribution in [3.63, 3.8) is 0 Å². The fraction of sp³-hybridized carbons (Fsp3) is 0.364. The summed E-state index contributed by atoms with van der Waals surface area (Å²) in [6, 6.07) is 6.39. The topological polar surface area (TPSA) is 29.1 Å². The number of amides is 1. The first-order valence-electron chi connectivity index (χ1n) is 4.59. The Morgan fingerprint density at radius 3 is 2.50 bits per heavy atom. The van der Waals surface area contributed by atoms with E-state index < -0.39 is 0 Å². The van der Waals surface area contributed by atoms with Crippen LogP contribution in [0.15, 0.2) is 24.3 Å². The molecule has 0 heterocycles. The van der Waals surface area contributed by atoms with Crippen LogP contribution in [0.5, 0.6) is 0 Å². The molecule has 1 rings (SSSR count). The van der Waals surface area contributed by atoms with Crippen molar-refractivity contribution >= 4 is 5.91 Å². The van der Waals surface area contributed by atoms with E-state index in [-0.39, 0.29) is 17.8 Å². The molecule has 0 aliphatic rings. The summed E-state index contributed by atoms with van der Waals surface area (Å²) < 4.78 is 12.6. The van der Waals surface area contributed by atoms with Gasteiger partial charge in [-0.1, -0.05) is 12.1 Å². The second-order valence-corrected chi connectivity index (χ2v) is 3.43. The molecule has 0 saturated carbocycles. The average Bonchev–Trinajstić information content (AvgIpc) is 2.07. The molecule has 0 bridgehead atoms. The van der Waals surface area contributed by atoms with E-state index >= 15 is 0 Å². The van der Waals surface area contributed by atoms with E-state index in [1.54, 1.807) is 12.1 Å². The van der Waals surface area contributed by atoms with E-state index in [0.717, 1.165) is 12.0 Å². The quantitative estimate of drug-likeness (QED) is 0.784. The van der Waals surface area contributed by atoms with Gasteiger partial charge in [-0.15, -0.1) is 0 Å². The van der Waals surface area contributed by atoms with Gasteiger partial charge in [-0.2, -0.15) is 0 Å². The van der Waals surface area contributed by atoms with Crippen LogP contribution in [0.4, 0.5) is 4.39 Å². The van der Waals surface area contributed by atoms with Crippen molar-refractivity contribution in [1.82, 2.24) is 5.32 Å². The third-order valence-electron chi connectivity index (χ3n) is 1.90. The van der Waals surface area contributed by atoms with E-state index in [2.05, 4.69) is 5.32 Å². The molecule has 2 nitrogen and oxygen atoms in total. The lowest BCUT2D eigenvalue weighted by Gasteiger charge is -2.11. The summed E-state index contributed by atoms with van der Waals surface area (Å²) in [5.41, 5.74) is 1.02. The van der Waals surface area contributed by atoms with Gasteiger partial charge in [0.05, 0.1) is 0 Å². The minimum atomic E-state index is -0.235. The van der Waals surface area contributed by atoms with E-state index in [4.69, 9.17) is 0 Å². The molecular weight excluding hydrogens is 181 g/mol. The number of hydrogen-bond donors (Lipinski definition) is 1. The molecule has 0 aliphatic carbocycles. The molecule has 0 spiro atoms. The first-order chi connectivity index (χ1) is 6.58. The summed E-state index contributed by atoms with van der Waals surface area (Å²) in [7, 11) is 0. The Morgan fingerprint density at radius 2 is 2.00 bits per heavy atom. The van der Waals surface area contributed by atoms with E-state index in [1.165, 1.54) is 19.1 Å². The second-order valence-electron chi connectivity index (χ2n) is 3.43. The van der Waals surface area contributed by atoms with E-state index in [9.17, 15) is 9.18 Å². The van der Waals surface area contributed by atoms with Gasteiger partial charge in [0.1, 0.15) is 5.82 Å². The monoisotopic (exact) mass is 195 g/mol. The molecule has 0 unspecified atom stereocenters. The van der Waals surface area contributed by atoms with Crippen LogP contribution in [0.2, 0.25) is 0 Å². The number of hydrogen-bond acceptors (Lipinski definition) is 1. The van der Waals surface area contributed by atoms with Crippen LogP contribution in [-0.2, 0) is 11.2 Å². The van der Waals surface area contributed by atoms with E-state index in [0.29, 0.717) is 0 Å². The van der Waals surface area contributed by atoms with Gasteiger partial charge in [-0.05, 0) is 31.0 Å². The lowest BCUT2D eigenvalue weighted by molar-refractivity contribution is -0.119. The lowest BCUT2D eigenvalue weighted by Crippen LogP contribution is -2.31. The Morgan fingerprint density at radius 1 is 1.43 bits per heavy atom. The van der Waals surface area contributed by atoms with Crippen molar-refractivity contribution < 1.29 is 9.18 Å². The highest BCUT2D eigenvalue weighted by Gasteiger charge is 2.04. The number of carbonyl (C=O) groups is 1. The first-order valence-corrected chi connectivity index (χ1v) is 4.59. The average molecular weight is 195 g/mol. The zero-order valence-electron chi connectivity index (χ0n) is 8.38. The molecule has 0 fully saturated rings. The van der Waals surface area contributed by atoms with Gasteiger partial charge in [0.25, 0.3) is 0 Å². The molecule has 0 aliphatic heterocycles. The molecule has 0 radical (unpaired) electrons. The molecule has 14 heavy (non-hydrogen) atoms. The third-order valence-corrected chi connectivity index (χ3v) is 1.90. The van der Waals surface area contributed by atoms with Gasteiger partial charge in [-0.3, -0.25) is 4.79 Å². The van der Waals surface area contributed by atoms with Crippen LogP contribution in [-0.4, -0.2) is 11.9 Å². The van der Waals surface area contributed by atoms with Crippen molar-refractivity contribution in [3.8, 4) is 0 Å². The molecule has 0 saturated heterocycles. The van der Waals surface area contributed by atoms with E-state index in [1.807, 2.05) is 6.92 Å². The summed E-state index contributed by atoms with van der Waals surface area (Å²) in [5.74, 6) is -0.277. The molecule has 76 valence electrons. The van der Waals surface area contributed by atoms with Crippen LogP contribution in [0.3, 0.4) is 0 Å². The smallest absolute Gasteiger partial charge is 0.217 e. The number of carbonyl (C=O) groups excluding carboxylic acids is 1. The van der Waals surface area contributed by atoms with Gasteiger partial charge < -0.3 is 5.32 Å². The fourth-order valence-corrected chi connectivity index (χ4v) is 1.37. The van der Waals surface area contributed by atoms with Crippen molar-refractivity contribution in [3.05, 3.63) is 35.6 Å². The van der Waals surface area contributed by atoms with Gasteiger partial charge >= 0.3 is 0 Å². The molecular formula is C11H14FNO. The van der Waals surface area contributed by atoms with Crippen molar-refractivity contribution in [2.24, 2.45) is 0 Å². The molecule has 1 amide bonds. The summed E-state index contributed by atoms with van der Waals surface area (Å²) in [4.78, 5) is 10.7. The Balaban J connectivity index is 2.51.